The highest BCUT2D eigenvalue weighted by Crippen LogP contribution is 2.19. The topological polar surface area (TPSA) is 71.3 Å². The summed E-state index contributed by atoms with van der Waals surface area (Å²) in [5, 5.41) is 5.18. The van der Waals surface area contributed by atoms with Gasteiger partial charge in [0.25, 0.3) is 11.8 Å². The smallest absolute Gasteiger partial charge is 0.291 e. The number of carbonyl (C=O) groups excluding carboxylic acids is 2. The van der Waals surface area contributed by atoms with Crippen LogP contribution in [-0.4, -0.2) is 11.8 Å². The Labute approximate surface area is 157 Å². The molecule has 0 aliphatic heterocycles. The average molecular weight is 417 g/mol. The molecule has 26 heavy (non-hydrogen) atoms. The second-order valence-corrected chi connectivity index (χ2v) is 6.36. The minimum Gasteiger partial charge on any atom is -0.444 e. The van der Waals surface area contributed by atoms with Crippen molar-refractivity contribution >= 4 is 39.1 Å². The number of halogens is 2. The molecule has 3 aromatic rings. The minimum atomic E-state index is -0.517. The third kappa shape index (κ3) is 4.18. The number of benzene rings is 2. The maximum absolute atomic E-state index is 13.8. The van der Waals surface area contributed by atoms with Gasteiger partial charge in [0.15, 0.2) is 10.4 Å². The lowest BCUT2D eigenvalue weighted by molar-refractivity contribution is 0.0992. The van der Waals surface area contributed by atoms with Gasteiger partial charge in [0.1, 0.15) is 5.82 Å². The van der Waals surface area contributed by atoms with Crippen molar-refractivity contribution in [3.8, 4) is 0 Å². The van der Waals surface area contributed by atoms with E-state index in [0.717, 1.165) is 5.56 Å². The van der Waals surface area contributed by atoms with Gasteiger partial charge in [0, 0.05) is 11.3 Å². The van der Waals surface area contributed by atoms with E-state index >= 15 is 0 Å². The molecule has 0 saturated heterocycles. The lowest BCUT2D eigenvalue weighted by atomic mass is 10.1. The van der Waals surface area contributed by atoms with E-state index in [1.54, 1.807) is 43.3 Å². The summed E-state index contributed by atoms with van der Waals surface area (Å²) in [5.41, 5.74) is 1.63. The van der Waals surface area contributed by atoms with Crippen molar-refractivity contribution < 1.29 is 18.4 Å². The molecule has 1 heterocycles. The number of hydrogen-bond acceptors (Lipinski definition) is 3. The van der Waals surface area contributed by atoms with Gasteiger partial charge in [0.2, 0.25) is 0 Å². The number of rotatable bonds is 4. The van der Waals surface area contributed by atoms with Crippen LogP contribution in [-0.2, 0) is 0 Å². The molecule has 0 unspecified atom stereocenters. The Kier molecular flexibility index (Phi) is 5.18. The Balaban J connectivity index is 1.75. The predicted molar refractivity (Wildman–Crippen MR) is 99.9 cm³/mol. The van der Waals surface area contributed by atoms with Gasteiger partial charge in [-0.25, -0.2) is 4.39 Å². The van der Waals surface area contributed by atoms with Gasteiger partial charge >= 0.3 is 0 Å². The molecule has 1 aromatic heterocycles. The Morgan fingerprint density at radius 2 is 1.81 bits per heavy atom. The maximum atomic E-state index is 13.8. The van der Waals surface area contributed by atoms with E-state index in [9.17, 15) is 14.0 Å². The molecule has 0 radical (unpaired) electrons. The van der Waals surface area contributed by atoms with Crippen LogP contribution in [0.25, 0.3) is 0 Å². The van der Waals surface area contributed by atoms with Crippen molar-refractivity contribution in [2.45, 2.75) is 6.92 Å². The molecule has 7 heteroatoms. The summed E-state index contributed by atoms with van der Waals surface area (Å²) < 4.78 is 19.4. The first-order valence-electron chi connectivity index (χ1n) is 7.66. The Morgan fingerprint density at radius 1 is 1.00 bits per heavy atom. The molecule has 2 amide bonds. The molecule has 0 atom stereocenters. The standard InChI is InChI=1S/C19H14BrFN2O3/c1-11-5-6-14(21)15(9-11)23-18(24)12-3-2-4-13(10-12)22-19(25)16-7-8-17(20)26-16/h2-10H,1H3,(H,22,25)(H,23,24). The maximum Gasteiger partial charge on any atom is 0.291 e. The molecule has 0 spiro atoms. The van der Waals surface area contributed by atoms with Crippen LogP contribution in [0.4, 0.5) is 15.8 Å². The fraction of sp³-hybridized carbons (Fsp3) is 0.0526. The Morgan fingerprint density at radius 3 is 2.54 bits per heavy atom. The summed E-state index contributed by atoms with van der Waals surface area (Å²) >= 11 is 3.13. The van der Waals surface area contributed by atoms with Crippen LogP contribution in [0.1, 0.15) is 26.5 Å². The summed E-state index contributed by atoms with van der Waals surface area (Å²) in [5.74, 6) is -1.31. The zero-order valence-corrected chi connectivity index (χ0v) is 15.3. The number of aryl methyl sites for hydroxylation is 1. The van der Waals surface area contributed by atoms with Crippen LogP contribution < -0.4 is 10.6 Å². The lowest BCUT2D eigenvalue weighted by Crippen LogP contribution is -2.15. The van der Waals surface area contributed by atoms with Gasteiger partial charge in [-0.15, -0.1) is 0 Å². The zero-order chi connectivity index (χ0) is 18.7. The molecular weight excluding hydrogens is 403 g/mol. The fourth-order valence-corrected chi connectivity index (χ4v) is 2.60. The summed E-state index contributed by atoms with van der Waals surface area (Å²) in [6.45, 7) is 1.80. The van der Waals surface area contributed by atoms with Crippen molar-refractivity contribution in [3.05, 3.63) is 82.0 Å². The van der Waals surface area contributed by atoms with Crippen LogP contribution in [0.15, 0.2) is 63.7 Å². The van der Waals surface area contributed by atoms with Crippen LogP contribution in [0.3, 0.4) is 0 Å². The van der Waals surface area contributed by atoms with Gasteiger partial charge in [-0.2, -0.15) is 0 Å². The van der Waals surface area contributed by atoms with Crippen molar-refractivity contribution in [1.29, 1.82) is 0 Å². The third-order valence-corrected chi connectivity index (χ3v) is 3.98. The first-order chi connectivity index (χ1) is 12.4. The SMILES string of the molecule is Cc1ccc(F)c(NC(=O)c2cccc(NC(=O)c3ccc(Br)o3)c2)c1. The molecule has 2 N–H and O–H groups in total. The molecule has 5 nitrogen and oxygen atoms in total. The van der Waals surface area contributed by atoms with E-state index in [0.29, 0.717) is 10.4 Å². The minimum absolute atomic E-state index is 0.102. The van der Waals surface area contributed by atoms with Gasteiger partial charge < -0.3 is 15.1 Å². The first kappa shape index (κ1) is 17.9. The molecule has 2 aromatic carbocycles. The van der Waals surface area contributed by atoms with Gasteiger partial charge in [0.05, 0.1) is 5.69 Å². The number of amides is 2. The highest BCUT2D eigenvalue weighted by molar-refractivity contribution is 9.10. The zero-order valence-electron chi connectivity index (χ0n) is 13.7. The summed E-state index contributed by atoms with van der Waals surface area (Å²) in [4.78, 5) is 24.5. The average Bonchev–Trinajstić information content (AvgIpc) is 3.05. The monoisotopic (exact) mass is 416 g/mol. The van der Waals surface area contributed by atoms with E-state index < -0.39 is 17.6 Å². The largest absolute Gasteiger partial charge is 0.444 e. The second kappa shape index (κ2) is 7.53. The second-order valence-electron chi connectivity index (χ2n) is 5.58. The van der Waals surface area contributed by atoms with Crippen LogP contribution >= 0.6 is 15.9 Å². The highest BCUT2D eigenvalue weighted by Gasteiger charge is 2.13. The van der Waals surface area contributed by atoms with E-state index in [1.165, 1.54) is 18.2 Å². The summed E-state index contributed by atoms with van der Waals surface area (Å²) in [6, 6.07) is 13.9. The molecule has 3 rings (SSSR count). The fourth-order valence-electron chi connectivity index (χ4n) is 2.30. The molecule has 132 valence electrons. The van der Waals surface area contributed by atoms with Gasteiger partial charge in [-0.3, -0.25) is 9.59 Å². The third-order valence-electron chi connectivity index (χ3n) is 3.55. The van der Waals surface area contributed by atoms with E-state index in [2.05, 4.69) is 26.6 Å². The summed E-state index contributed by atoms with van der Waals surface area (Å²) in [6.07, 6.45) is 0. The van der Waals surface area contributed by atoms with Crippen molar-refractivity contribution in [2.24, 2.45) is 0 Å². The van der Waals surface area contributed by atoms with Crippen molar-refractivity contribution in [2.75, 3.05) is 10.6 Å². The highest BCUT2D eigenvalue weighted by atomic mass is 79.9. The number of furan rings is 1. The molecule has 0 saturated carbocycles. The lowest BCUT2D eigenvalue weighted by Gasteiger charge is -2.09. The molecule has 0 aliphatic rings. The number of hydrogen-bond donors (Lipinski definition) is 2. The first-order valence-corrected chi connectivity index (χ1v) is 8.46. The van der Waals surface area contributed by atoms with E-state index in [1.807, 2.05) is 0 Å². The molecule has 0 fully saturated rings. The normalized spacial score (nSPS) is 10.4. The molecule has 0 bridgehead atoms. The summed E-state index contributed by atoms with van der Waals surface area (Å²) in [7, 11) is 0. The van der Waals surface area contributed by atoms with Crippen molar-refractivity contribution in [3.63, 3.8) is 0 Å². The van der Waals surface area contributed by atoms with Gasteiger partial charge in [-0.1, -0.05) is 12.1 Å². The number of carbonyl (C=O) groups is 2. The number of nitrogens with one attached hydrogen (secondary N) is 2. The Bertz CT molecular complexity index is 984. The van der Waals surface area contributed by atoms with Crippen LogP contribution in [0.2, 0.25) is 0 Å². The van der Waals surface area contributed by atoms with E-state index in [-0.39, 0.29) is 17.0 Å². The molecular formula is C19H14BrFN2O3. The van der Waals surface area contributed by atoms with Gasteiger partial charge in [-0.05, 0) is 70.9 Å². The number of anilines is 2. The quantitative estimate of drug-likeness (QED) is 0.628. The molecule has 0 aliphatic carbocycles. The Hall–Kier alpha value is -2.93. The van der Waals surface area contributed by atoms with E-state index in [4.69, 9.17) is 4.42 Å². The van der Waals surface area contributed by atoms with Crippen LogP contribution in [0.5, 0.6) is 0 Å². The van der Waals surface area contributed by atoms with Crippen molar-refractivity contribution in [1.82, 2.24) is 0 Å². The van der Waals surface area contributed by atoms with Crippen LogP contribution in [0, 0.1) is 12.7 Å². The predicted octanol–water partition coefficient (Wildman–Crippen LogP) is 4.99.